The first-order valence-electron chi connectivity index (χ1n) is 4.26. The Kier molecular flexibility index (Phi) is 4.05. The highest BCUT2D eigenvalue weighted by atomic mass is 35.5. The molecule has 1 fully saturated rings. The van der Waals surface area contributed by atoms with Crippen LogP contribution in [0.2, 0.25) is 5.02 Å². The molecule has 74 valence electrons. The van der Waals surface area contributed by atoms with Crippen LogP contribution < -0.4 is 5.73 Å². The van der Waals surface area contributed by atoms with Crippen LogP contribution in [-0.4, -0.2) is 0 Å². The van der Waals surface area contributed by atoms with Crippen LogP contribution in [0.1, 0.15) is 30.2 Å². The van der Waals surface area contributed by atoms with Crippen molar-refractivity contribution in [1.29, 1.82) is 0 Å². The van der Waals surface area contributed by atoms with Crippen LogP contribution in [0.25, 0.3) is 0 Å². The number of thiophene rings is 1. The van der Waals surface area contributed by atoms with E-state index in [1.807, 2.05) is 11.4 Å². The van der Waals surface area contributed by atoms with Crippen LogP contribution in [0.15, 0.2) is 11.4 Å². The van der Waals surface area contributed by atoms with E-state index in [1.165, 1.54) is 12.8 Å². The lowest BCUT2D eigenvalue weighted by Crippen LogP contribution is -2.09. The Morgan fingerprint density at radius 3 is 2.77 bits per heavy atom. The topological polar surface area (TPSA) is 26.0 Å². The summed E-state index contributed by atoms with van der Waals surface area (Å²) in [7, 11) is 0. The molecule has 0 amide bonds. The second-order valence-corrected chi connectivity index (χ2v) is 4.77. The first-order chi connectivity index (χ1) is 5.77. The molecule has 1 aliphatic rings. The quantitative estimate of drug-likeness (QED) is 0.855. The molecule has 4 heteroatoms. The number of nitrogens with two attached hydrogens (primary N) is 1. The maximum atomic E-state index is 6.01. The van der Waals surface area contributed by atoms with Gasteiger partial charge in [-0.15, -0.1) is 23.7 Å². The van der Waals surface area contributed by atoms with Gasteiger partial charge in [0.05, 0.1) is 5.02 Å². The number of hydrogen-bond donors (Lipinski definition) is 1. The van der Waals surface area contributed by atoms with Gasteiger partial charge in [-0.25, -0.2) is 0 Å². The van der Waals surface area contributed by atoms with Crippen LogP contribution in [-0.2, 0) is 0 Å². The average Bonchev–Trinajstić information content (AvgIpc) is 2.72. The van der Waals surface area contributed by atoms with Gasteiger partial charge >= 0.3 is 0 Å². The van der Waals surface area contributed by atoms with E-state index >= 15 is 0 Å². The third-order valence-corrected chi connectivity index (χ3v) is 3.76. The van der Waals surface area contributed by atoms with E-state index in [4.69, 9.17) is 17.3 Å². The van der Waals surface area contributed by atoms with E-state index in [1.54, 1.807) is 11.3 Å². The van der Waals surface area contributed by atoms with Crippen molar-refractivity contribution in [3.05, 3.63) is 21.3 Å². The molecule has 0 saturated heterocycles. The van der Waals surface area contributed by atoms with Crippen molar-refractivity contribution in [2.24, 2.45) is 11.7 Å². The van der Waals surface area contributed by atoms with Crippen molar-refractivity contribution < 1.29 is 0 Å². The Morgan fingerprint density at radius 2 is 2.31 bits per heavy atom. The molecule has 0 radical (unpaired) electrons. The van der Waals surface area contributed by atoms with E-state index < -0.39 is 0 Å². The lowest BCUT2D eigenvalue weighted by molar-refractivity contribution is 0.605. The Morgan fingerprint density at radius 1 is 1.62 bits per heavy atom. The number of hydrogen-bond acceptors (Lipinski definition) is 2. The normalized spacial score (nSPS) is 18.0. The molecule has 1 heterocycles. The van der Waals surface area contributed by atoms with Crippen molar-refractivity contribution in [1.82, 2.24) is 0 Å². The third-order valence-electron chi connectivity index (χ3n) is 2.27. The molecule has 0 spiro atoms. The predicted molar refractivity (Wildman–Crippen MR) is 60.8 cm³/mol. The first-order valence-corrected chi connectivity index (χ1v) is 5.51. The molecule has 1 aromatic heterocycles. The molecule has 1 aliphatic carbocycles. The number of halogens is 2. The highest BCUT2D eigenvalue weighted by Crippen LogP contribution is 2.39. The van der Waals surface area contributed by atoms with Gasteiger partial charge in [0.2, 0.25) is 0 Å². The Bertz CT molecular complexity index is 270. The van der Waals surface area contributed by atoms with Gasteiger partial charge in [0, 0.05) is 10.9 Å². The molecule has 0 unspecified atom stereocenters. The van der Waals surface area contributed by atoms with Gasteiger partial charge in [-0.05, 0) is 23.8 Å². The second-order valence-electron chi connectivity index (χ2n) is 3.42. The molecule has 1 atom stereocenters. The summed E-state index contributed by atoms with van der Waals surface area (Å²) in [6.07, 6.45) is 3.83. The molecular weight excluding hydrogens is 225 g/mol. The van der Waals surface area contributed by atoms with E-state index in [0.29, 0.717) is 0 Å². The van der Waals surface area contributed by atoms with Crippen LogP contribution in [0, 0.1) is 5.92 Å². The highest BCUT2D eigenvalue weighted by Gasteiger charge is 2.25. The lowest BCUT2D eigenvalue weighted by atomic mass is 10.1. The van der Waals surface area contributed by atoms with E-state index in [9.17, 15) is 0 Å². The van der Waals surface area contributed by atoms with Crippen molar-refractivity contribution in [3.63, 3.8) is 0 Å². The Labute approximate surface area is 93.7 Å². The van der Waals surface area contributed by atoms with Gasteiger partial charge < -0.3 is 5.73 Å². The zero-order valence-electron chi connectivity index (χ0n) is 7.20. The van der Waals surface area contributed by atoms with Crippen LogP contribution in [0.5, 0.6) is 0 Å². The summed E-state index contributed by atoms with van der Waals surface area (Å²) < 4.78 is 0. The van der Waals surface area contributed by atoms with E-state index in [0.717, 1.165) is 22.2 Å². The molecule has 2 N–H and O–H groups in total. The monoisotopic (exact) mass is 237 g/mol. The van der Waals surface area contributed by atoms with Gasteiger partial charge in [-0.3, -0.25) is 0 Å². The fourth-order valence-corrected chi connectivity index (χ4v) is 2.60. The van der Waals surface area contributed by atoms with Gasteiger partial charge in [0.25, 0.3) is 0 Å². The van der Waals surface area contributed by atoms with Crippen LogP contribution >= 0.6 is 35.3 Å². The minimum atomic E-state index is 0. The Hall–Kier alpha value is 0.240. The van der Waals surface area contributed by atoms with Crippen LogP contribution in [0.3, 0.4) is 0 Å². The zero-order valence-corrected chi connectivity index (χ0v) is 9.59. The molecule has 0 bridgehead atoms. The average molecular weight is 238 g/mol. The lowest BCUT2D eigenvalue weighted by Gasteiger charge is -2.08. The summed E-state index contributed by atoms with van der Waals surface area (Å²) in [5, 5.41) is 2.85. The minimum absolute atomic E-state index is 0. The molecule has 1 aromatic rings. The van der Waals surface area contributed by atoms with Crippen molar-refractivity contribution in [2.45, 2.75) is 25.3 Å². The van der Waals surface area contributed by atoms with E-state index in [-0.39, 0.29) is 18.4 Å². The first kappa shape index (κ1) is 11.3. The molecule has 2 rings (SSSR count). The SMILES string of the molecule is Cl.N[C@@H](CC1CC1)c1sccc1Cl. The van der Waals surface area contributed by atoms with Crippen molar-refractivity contribution in [3.8, 4) is 0 Å². The Balaban J connectivity index is 0.000000845. The third kappa shape index (κ3) is 2.84. The van der Waals surface area contributed by atoms with Crippen LogP contribution in [0.4, 0.5) is 0 Å². The summed E-state index contributed by atoms with van der Waals surface area (Å²) in [5.74, 6) is 0.873. The smallest absolute Gasteiger partial charge is 0.0561 e. The molecule has 0 aromatic carbocycles. The molecule has 1 saturated carbocycles. The second kappa shape index (κ2) is 4.65. The molecule has 13 heavy (non-hydrogen) atoms. The minimum Gasteiger partial charge on any atom is -0.323 e. The number of rotatable bonds is 3. The highest BCUT2D eigenvalue weighted by molar-refractivity contribution is 7.10. The maximum absolute atomic E-state index is 6.01. The fourth-order valence-electron chi connectivity index (χ4n) is 1.39. The van der Waals surface area contributed by atoms with Gasteiger partial charge in [-0.2, -0.15) is 0 Å². The maximum Gasteiger partial charge on any atom is 0.0561 e. The summed E-state index contributed by atoms with van der Waals surface area (Å²) in [4.78, 5) is 1.16. The summed E-state index contributed by atoms with van der Waals surface area (Å²) in [6.45, 7) is 0. The largest absolute Gasteiger partial charge is 0.323 e. The summed E-state index contributed by atoms with van der Waals surface area (Å²) >= 11 is 7.64. The van der Waals surface area contributed by atoms with E-state index in [2.05, 4.69) is 0 Å². The summed E-state index contributed by atoms with van der Waals surface area (Å²) in [6, 6.07) is 2.10. The fraction of sp³-hybridized carbons (Fsp3) is 0.556. The van der Waals surface area contributed by atoms with Gasteiger partial charge in [-0.1, -0.05) is 24.4 Å². The molecule has 0 aliphatic heterocycles. The van der Waals surface area contributed by atoms with Gasteiger partial charge in [0.1, 0.15) is 0 Å². The standard InChI is InChI=1S/C9H12ClNS.ClH/c10-7-3-4-12-9(7)8(11)5-6-1-2-6;/h3-4,6,8H,1-2,5,11H2;1H/t8-;/m0./s1. The van der Waals surface area contributed by atoms with Crippen molar-refractivity contribution >= 4 is 35.3 Å². The predicted octanol–water partition coefficient (Wildman–Crippen LogP) is 3.62. The zero-order chi connectivity index (χ0) is 8.55. The van der Waals surface area contributed by atoms with Crippen molar-refractivity contribution in [2.75, 3.05) is 0 Å². The molecular formula is C9H13Cl2NS. The molecule has 1 nitrogen and oxygen atoms in total. The summed E-state index contributed by atoms with van der Waals surface area (Å²) in [5.41, 5.74) is 6.01. The van der Waals surface area contributed by atoms with Gasteiger partial charge in [0.15, 0.2) is 0 Å².